The zero-order valence-corrected chi connectivity index (χ0v) is 24.5. The molecule has 0 saturated carbocycles. The lowest BCUT2D eigenvalue weighted by Crippen LogP contribution is -2.44. The summed E-state index contributed by atoms with van der Waals surface area (Å²) in [6.45, 7) is 10.2. The second kappa shape index (κ2) is 10.8. The number of ether oxygens (including phenoxy) is 1. The van der Waals surface area contributed by atoms with E-state index in [1.165, 1.54) is 4.90 Å². The lowest BCUT2D eigenvalue weighted by atomic mass is 9.76. The minimum Gasteiger partial charge on any atom is -0.465 e. The van der Waals surface area contributed by atoms with Crippen LogP contribution in [0.4, 0.5) is 4.79 Å². The average Bonchev–Trinajstić information content (AvgIpc) is 3.35. The number of benzene rings is 1. The summed E-state index contributed by atoms with van der Waals surface area (Å²) in [5, 5.41) is 11.2. The van der Waals surface area contributed by atoms with Gasteiger partial charge in [0.25, 0.3) is 5.91 Å². The standard InChI is InChI=1S/C32H36N6O4/c1-19-13-35-29-25(19)9-21(14-36-29)12-32(3,4)24-10-22-5-6-37(30(39)23-15-33-20(2)34-16-23)17-27(22)26(11-24)28-18-42-8-7-38(28)31(40)41/h9-11,13-16,28H,5-8,12,17-18H2,1-4H3,(H,35,36)(H,40,41)/t28-/m0/s1. The van der Waals surface area contributed by atoms with Gasteiger partial charge in [-0.25, -0.2) is 19.7 Å². The number of pyridine rings is 1. The van der Waals surface area contributed by atoms with Gasteiger partial charge in [-0.15, -0.1) is 0 Å². The van der Waals surface area contributed by atoms with E-state index >= 15 is 0 Å². The molecule has 10 nitrogen and oxygen atoms in total. The minimum atomic E-state index is -0.969. The molecule has 0 unspecified atom stereocenters. The summed E-state index contributed by atoms with van der Waals surface area (Å²) in [7, 11) is 0. The zero-order valence-electron chi connectivity index (χ0n) is 24.5. The third-order valence-electron chi connectivity index (χ3n) is 8.65. The lowest BCUT2D eigenvalue weighted by Gasteiger charge is -2.39. The first kappa shape index (κ1) is 27.8. The second-order valence-corrected chi connectivity index (χ2v) is 12.0. The highest BCUT2D eigenvalue weighted by Gasteiger charge is 2.35. The fourth-order valence-corrected chi connectivity index (χ4v) is 6.22. The van der Waals surface area contributed by atoms with Gasteiger partial charge in [-0.1, -0.05) is 26.0 Å². The maximum atomic E-state index is 13.4. The Kier molecular flexibility index (Phi) is 7.18. The Morgan fingerprint density at radius 2 is 1.88 bits per heavy atom. The normalized spacial score (nSPS) is 17.4. The topological polar surface area (TPSA) is 125 Å². The first-order chi connectivity index (χ1) is 20.1. The van der Waals surface area contributed by atoms with Crippen LogP contribution in [0.3, 0.4) is 0 Å². The van der Waals surface area contributed by atoms with Gasteiger partial charge in [0, 0.05) is 49.8 Å². The highest BCUT2D eigenvalue weighted by molar-refractivity contribution is 5.93. The molecule has 2 aliphatic rings. The van der Waals surface area contributed by atoms with Crippen molar-refractivity contribution < 1.29 is 19.4 Å². The molecule has 1 saturated heterocycles. The number of hydrogen-bond donors (Lipinski definition) is 2. The molecule has 1 fully saturated rings. The third-order valence-corrected chi connectivity index (χ3v) is 8.65. The van der Waals surface area contributed by atoms with Gasteiger partial charge < -0.3 is 19.7 Å². The highest BCUT2D eigenvalue weighted by Crippen LogP contribution is 2.38. The molecule has 10 heteroatoms. The number of morpholine rings is 1. The van der Waals surface area contributed by atoms with Crippen LogP contribution in [0.5, 0.6) is 0 Å². The number of nitrogens with zero attached hydrogens (tertiary/aromatic N) is 5. The van der Waals surface area contributed by atoms with Gasteiger partial charge >= 0.3 is 6.09 Å². The average molecular weight is 569 g/mol. The van der Waals surface area contributed by atoms with Gasteiger partial charge in [-0.3, -0.25) is 9.69 Å². The summed E-state index contributed by atoms with van der Waals surface area (Å²) in [5.74, 6) is 0.479. The van der Waals surface area contributed by atoms with Crippen molar-refractivity contribution in [2.75, 3.05) is 26.3 Å². The van der Waals surface area contributed by atoms with Crippen LogP contribution in [-0.4, -0.2) is 73.1 Å². The maximum absolute atomic E-state index is 13.4. The third kappa shape index (κ3) is 5.22. The number of fused-ring (bicyclic) bond motifs is 2. The van der Waals surface area contributed by atoms with Crippen LogP contribution in [-0.2, 0) is 29.5 Å². The molecule has 0 aliphatic carbocycles. The van der Waals surface area contributed by atoms with Crippen molar-refractivity contribution in [1.82, 2.24) is 29.7 Å². The fourth-order valence-electron chi connectivity index (χ4n) is 6.22. The Morgan fingerprint density at radius 3 is 2.64 bits per heavy atom. The molecular formula is C32H36N6O4. The van der Waals surface area contributed by atoms with Crippen LogP contribution in [0.2, 0.25) is 0 Å². The smallest absolute Gasteiger partial charge is 0.407 e. The molecule has 6 rings (SSSR count). The van der Waals surface area contributed by atoms with E-state index in [0.717, 1.165) is 50.8 Å². The minimum absolute atomic E-state index is 0.131. The van der Waals surface area contributed by atoms with Crippen LogP contribution < -0.4 is 0 Å². The number of nitrogens with one attached hydrogen (secondary N) is 1. The largest absolute Gasteiger partial charge is 0.465 e. The molecule has 42 heavy (non-hydrogen) atoms. The number of carbonyl (C=O) groups is 2. The molecule has 2 N–H and O–H groups in total. The van der Waals surface area contributed by atoms with Crippen molar-refractivity contribution in [3.63, 3.8) is 0 Å². The second-order valence-electron chi connectivity index (χ2n) is 12.0. The van der Waals surface area contributed by atoms with Gasteiger partial charge in [0.05, 0.1) is 24.8 Å². The van der Waals surface area contributed by atoms with E-state index in [-0.39, 0.29) is 17.9 Å². The summed E-state index contributed by atoms with van der Waals surface area (Å²) in [6.07, 6.45) is 7.50. The van der Waals surface area contributed by atoms with Crippen LogP contribution in [0.15, 0.2) is 43.0 Å². The fraction of sp³-hybridized carbons (Fsp3) is 0.406. The summed E-state index contributed by atoms with van der Waals surface area (Å²) < 4.78 is 5.82. The summed E-state index contributed by atoms with van der Waals surface area (Å²) in [6, 6.07) is 6.14. The number of hydrogen-bond acceptors (Lipinski definition) is 6. The Labute approximate surface area is 244 Å². The van der Waals surface area contributed by atoms with Crippen molar-refractivity contribution in [1.29, 1.82) is 0 Å². The molecule has 0 spiro atoms. The van der Waals surface area contributed by atoms with Gasteiger partial charge in [0.2, 0.25) is 0 Å². The molecule has 3 aromatic heterocycles. The van der Waals surface area contributed by atoms with Crippen LogP contribution in [0.1, 0.15) is 69.5 Å². The van der Waals surface area contributed by atoms with Crippen LogP contribution in [0.25, 0.3) is 11.0 Å². The predicted molar refractivity (Wildman–Crippen MR) is 158 cm³/mol. The number of rotatable bonds is 5. The number of carbonyl (C=O) groups excluding carboxylic acids is 1. The molecule has 5 heterocycles. The Morgan fingerprint density at radius 1 is 1.10 bits per heavy atom. The summed E-state index contributed by atoms with van der Waals surface area (Å²) in [5.41, 5.74) is 7.54. The van der Waals surface area contributed by atoms with Crippen molar-refractivity contribution in [3.8, 4) is 0 Å². The Bertz CT molecular complexity index is 1660. The zero-order chi connectivity index (χ0) is 29.6. The predicted octanol–water partition coefficient (Wildman–Crippen LogP) is 4.74. The molecule has 1 aromatic carbocycles. The molecule has 0 radical (unpaired) electrons. The quantitative estimate of drug-likeness (QED) is 0.356. The number of carboxylic acid groups (broad SMARTS) is 1. The van der Waals surface area contributed by atoms with E-state index < -0.39 is 12.1 Å². The molecule has 0 bridgehead atoms. The number of aromatic amines is 1. The number of aryl methyl sites for hydroxylation is 2. The SMILES string of the molecule is Cc1ncc(C(=O)N2CCc3cc(C(C)(C)Cc4cnc5[nH]cc(C)c5c4)cc([C@@H]4COCCN4C(=O)O)c3C2)cn1. The molecule has 2 aliphatic heterocycles. The lowest BCUT2D eigenvalue weighted by molar-refractivity contribution is -0.00151. The first-order valence-corrected chi connectivity index (χ1v) is 14.3. The van der Waals surface area contributed by atoms with E-state index in [1.54, 1.807) is 24.2 Å². The maximum Gasteiger partial charge on any atom is 0.407 e. The molecule has 218 valence electrons. The Hall–Kier alpha value is -4.31. The van der Waals surface area contributed by atoms with Gasteiger partial charge in [-0.05, 0) is 71.6 Å². The van der Waals surface area contributed by atoms with E-state index in [4.69, 9.17) is 4.74 Å². The van der Waals surface area contributed by atoms with Gasteiger partial charge in [-0.2, -0.15) is 0 Å². The van der Waals surface area contributed by atoms with Crippen molar-refractivity contribution in [2.24, 2.45) is 0 Å². The molecule has 2 amide bonds. The van der Waals surface area contributed by atoms with E-state index in [1.807, 2.05) is 12.4 Å². The van der Waals surface area contributed by atoms with Gasteiger partial charge in [0.15, 0.2) is 0 Å². The molecule has 1 atom stereocenters. The van der Waals surface area contributed by atoms with Gasteiger partial charge in [0.1, 0.15) is 11.5 Å². The van der Waals surface area contributed by atoms with E-state index in [9.17, 15) is 14.7 Å². The van der Waals surface area contributed by atoms with Crippen LogP contribution in [0, 0.1) is 13.8 Å². The van der Waals surface area contributed by atoms with Crippen molar-refractivity contribution in [2.45, 2.75) is 58.5 Å². The van der Waals surface area contributed by atoms with Crippen molar-refractivity contribution in [3.05, 3.63) is 87.8 Å². The highest BCUT2D eigenvalue weighted by atomic mass is 16.5. The van der Waals surface area contributed by atoms with E-state index in [2.05, 4.69) is 58.9 Å². The number of aromatic nitrogens is 4. The first-order valence-electron chi connectivity index (χ1n) is 14.3. The number of H-pyrrole nitrogens is 1. The number of amides is 2. The monoisotopic (exact) mass is 568 g/mol. The van der Waals surface area contributed by atoms with E-state index in [0.29, 0.717) is 44.0 Å². The Balaban J connectivity index is 1.38. The van der Waals surface area contributed by atoms with Crippen molar-refractivity contribution >= 4 is 23.0 Å². The molecular weight excluding hydrogens is 532 g/mol. The summed E-state index contributed by atoms with van der Waals surface area (Å²) >= 11 is 0. The molecule has 4 aromatic rings. The summed E-state index contributed by atoms with van der Waals surface area (Å²) in [4.78, 5) is 45.2. The van der Waals surface area contributed by atoms with Crippen LogP contribution >= 0.6 is 0 Å².